The van der Waals surface area contributed by atoms with Gasteiger partial charge in [-0.05, 0) is 12.1 Å². The second-order valence-electron chi connectivity index (χ2n) is 3.48. The molecule has 15 heavy (non-hydrogen) atoms. The second kappa shape index (κ2) is 3.68. The lowest BCUT2D eigenvalue weighted by molar-refractivity contribution is 0.412. The van der Waals surface area contributed by atoms with E-state index in [0.717, 1.165) is 0 Å². The molecule has 0 radical (unpaired) electrons. The highest BCUT2D eigenvalue weighted by Gasteiger charge is 2.15. The molecule has 78 valence electrons. The van der Waals surface area contributed by atoms with Crippen molar-refractivity contribution in [1.29, 1.82) is 0 Å². The molecule has 0 unspecified atom stereocenters. The molecule has 1 N–H and O–H groups in total. The van der Waals surface area contributed by atoms with E-state index >= 15 is 0 Å². The monoisotopic (exact) mass is 205 g/mol. The Bertz CT molecular complexity index is 465. The van der Waals surface area contributed by atoms with Crippen LogP contribution in [0, 0.1) is 0 Å². The van der Waals surface area contributed by atoms with E-state index in [2.05, 4.69) is 15.1 Å². The highest BCUT2D eigenvalue weighted by atomic mass is 16.5. The summed E-state index contributed by atoms with van der Waals surface area (Å²) in [5.74, 6) is 1.08. The number of aromatic hydroxyl groups is 1. The molecule has 2 rings (SSSR count). The van der Waals surface area contributed by atoms with Crippen molar-refractivity contribution < 1.29 is 9.63 Å². The van der Waals surface area contributed by atoms with Crippen LogP contribution in [0.1, 0.15) is 25.6 Å². The summed E-state index contributed by atoms with van der Waals surface area (Å²) in [6.45, 7) is 3.93. The maximum absolute atomic E-state index is 9.52. The SMILES string of the molecule is CC(C)c1noc(-c2ncccc2O)n1. The number of rotatable bonds is 2. The Morgan fingerprint density at radius 3 is 2.80 bits per heavy atom. The first-order chi connectivity index (χ1) is 7.18. The molecule has 2 aromatic rings. The van der Waals surface area contributed by atoms with Gasteiger partial charge in [0.1, 0.15) is 5.75 Å². The molecular weight excluding hydrogens is 194 g/mol. The fraction of sp³-hybridized carbons (Fsp3) is 0.300. The lowest BCUT2D eigenvalue weighted by atomic mass is 10.2. The molecule has 0 aromatic carbocycles. The van der Waals surface area contributed by atoms with E-state index in [4.69, 9.17) is 4.52 Å². The molecule has 0 bridgehead atoms. The van der Waals surface area contributed by atoms with E-state index in [1.807, 2.05) is 13.8 Å². The highest BCUT2D eigenvalue weighted by molar-refractivity contribution is 5.55. The van der Waals surface area contributed by atoms with Gasteiger partial charge >= 0.3 is 0 Å². The predicted molar refractivity (Wildman–Crippen MR) is 53.3 cm³/mol. The van der Waals surface area contributed by atoms with Gasteiger partial charge in [-0.15, -0.1) is 0 Å². The molecule has 2 heterocycles. The molecule has 0 amide bonds. The minimum Gasteiger partial charge on any atom is -0.505 e. The minimum atomic E-state index is 0.0384. The van der Waals surface area contributed by atoms with Crippen molar-refractivity contribution in [3.8, 4) is 17.3 Å². The van der Waals surface area contributed by atoms with Crippen molar-refractivity contribution in [2.75, 3.05) is 0 Å². The first kappa shape index (κ1) is 9.64. The summed E-state index contributed by atoms with van der Waals surface area (Å²) < 4.78 is 5.01. The molecule has 5 nitrogen and oxygen atoms in total. The number of hydrogen-bond acceptors (Lipinski definition) is 5. The van der Waals surface area contributed by atoms with Crippen molar-refractivity contribution in [1.82, 2.24) is 15.1 Å². The Kier molecular flexibility index (Phi) is 2.37. The molecular formula is C10H11N3O2. The predicted octanol–water partition coefficient (Wildman–Crippen LogP) is 1.96. The largest absolute Gasteiger partial charge is 0.505 e. The van der Waals surface area contributed by atoms with Crippen molar-refractivity contribution in [2.45, 2.75) is 19.8 Å². The minimum absolute atomic E-state index is 0.0384. The van der Waals surface area contributed by atoms with Gasteiger partial charge in [0.05, 0.1) is 0 Å². The Labute approximate surface area is 86.8 Å². The van der Waals surface area contributed by atoms with Crippen LogP contribution in [0.5, 0.6) is 5.75 Å². The standard InChI is InChI=1S/C10H11N3O2/c1-6(2)9-12-10(15-13-9)8-7(14)4-3-5-11-8/h3-6,14H,1-2H3. The summed E-state index contributed by atoms with van der Waals surface area (Å²) in [5, 5.41) is 13.3. The summed E-state index contributed by atoms with van der Waals surface area (Å²) >= 11 is 0. The number of aromatic nitrogens is 3. The van der Waals surface area contributed by atoms with Crippen LogP contribution in [-0.4, -0.2) is 20.2 Å². The first-order valence-electron chi connectivity index (χ1n) is 4.66. The third kappa shape index (κ3) is 1.81. The number of nitrogens with zero attached hydrogens (tertiary/aromatic N) is 3. The number of pyridine rings is 1. The summed E-state index contributed by atoms with van der Waals surface area (Å²) in [5.41, 5.74) is 0.317. The Morgan fingerprint density at radius 1 is 1.40 bits per heavy atom. The van der Waals surface area contributed by atoms with E-state index in [9.17, 15) is 5.11 Å². The molecule has 0 saturated carbocycles. The topological polar surface area (TPSA) is 72.0 Å². The van der Waals surface area contributed by atoms with Gasteiger partial charge in [0.2, 0.25) is 0 Å². The lowest BCUT2D eigenvalue weighted by Gasteiger charge is -1.96. The molecule has 0 spiro atoms. The highest BCUT2D eigenvalue weighted by Crippen LogP contribution is 2.25. The smallest absolute Gasteiger partial charge is 0.280 e. The molecule has 2 aromatic heterocycles. The van der Waals surface area contributed by atoms with Crippen LogP contribution < -0.4 is 0 Å². The maximum Gasteiger partial charge on any atom is 0.280 e. The third-order valence-electron chi connectivity index (χ3n) is 1.95. The van der Waals surface area contributed by atoms with Gasteiger partial charge in [0, 0.05) is 12.1 Å². The Hall–Kier alpha value is -1.91. The van der Waals surface area contributed by atoms with Crippen LogP contribution in [0.2, 0.25) is 0 Å². The van der Waals surface area contributed by atoms with Gasteiger partial charge in [-0.25, -0.2) is 4.98 Å². The van der Waals surface area contributed by atoms with Gasteiger partial charge in [-0.2, -0.15) is 4.98 Å². The van der Waals surface area contributed by atoms with E-state index in [1.54, 1.807) is 12.3 Å². The van der Waals surface area contributed by atoms with E-state index < -0.39 is 0 Å². The molecule has 0 saturated heterocycles. The zero-order valence-corrected chi connectivity index (χ0v) is 8.51. The van der Waals surface area contributed by atoms with Crippen molar-refractivity contribution in [3.63, 3.8) is 0 Å². The van der Waals surface area contributed by atoms with Crippen molar-refractivity contribution >= 4 is 0 Å². The molecule has 0 atom stereocenters. The quantitative estimate of drug-likeness (QED) is 0.811. The zero-order chi connectivity index (χ0) is 10.8. The van der Waals surface area contributed by atoms with Crippen LogP contribution in [-0.2, 0) is 0 Å². The molecule has 5 heteroatoms. The fourth-order valence-electron chi connectivity index (χ4n) is 1.13. The van der Waals surface area contributed by atoms with Gasteiger partial charge in [0.15, 0.2) is 11.5 Å². The summed E-state index contributed by atoms with van der Waals surface area (Å²) in [6.07, 6.45) is 1.56. The Balaban J connectivity index is 2.42. The second-order valence-corrected chi connectivity index (χ2v) is 3.48. The van der Waals surface area contributed by atoms with Crippen LogP contribution in [0.4, 0.5) is 0 Å². The van der Waals surface area contributed by atoms with E-state index in [0.29, 0.717) is 11.5 Å². The van der Waals surface area contributed by atoms with Crippen molar-refractivity contribution in [3.05, 3.63) is 24.2 Å². The molecule has 0 aliphatic carbocycles. The first-order valence-corrected chi connectivity index (χ1v) is 4.66. The normalized spacial score (nSPS) is 10.9. The number of hydrogen-bond donors (Lipinski definition) is 1. The van der Waals surface area contributed by atoms with E-state index in [1.165, 1.54) is 6.07 Å². The summed E-state index contributed by atoms with van der Waals surface area (Å²) in [6, 6.07) is 3.17. The van der Waals surface area contributed by atoms with Crippen LogP contribution in [0.15, 0.2) is 22.9 Å². The lowest BCUT2D eigenvalue weighted by Crippen LogP contribution is -1.90. The van der Waals surface area contributed by atoms with Crippen LogP contribution >= 0.6 is 0 Å². The van der Waals surface area contributed by atoms with Crippen molar-refractivity contribution in [2.24, 2.45) is 0 Å². The maximum atomic E-state index is 9.52. The molecule has 0 aliphatic heterocycles. The third-order valence-corrected chi connectivity index (χ3v) is 1.95. The Morgan fingerprint density at radius 2 is 2.20 bits per heavy atom. The van der Waals surface area contributed by atoms with E-state index in [-0.39, 0.29) is 17.6 Å². The summed E-state index contributed by atoms with van der Waals surface area (Å²) in [4.78, 5) is 8.12. The average molecular weight is 205 g/mol. The van der Waals surface area contributed by atoms with Gasteiger partial charge in [0.25, 0.3) is 5.89 Å². The molecule has 0 aliphatic rings. The van der Waals surface area contributed by atoms with Gasteiger partial charge < -0.3 is 9.63 Å². The summed E-state index contributed by atoms with van der Waals surface area (Å²) in [7, 11) is 0. The van der Waals surface area contributed by atoms with Gasteiger partial charge in [-0.3, -0.25) is 0 Å². The molecule has 0 fully saturated rings. The zero-order valence-electron chi connectivity index (χ0n) is 8.51. The van der Waals surface area contributed by atoms with Crippen LogP contribution in [0.3, 0.4) is 0 Å². The van der Waals surface area contributed by atoms with Gasteiger partial charge in [-0.1, -0.05) is 19.0 Å². The fourth-order valence-corrected chi connectivity index (χ4v) is 1.13. The van der Waals surface area contributed by atoms with Crippen LogP contribution in [0.25, 0.3) is 11.6 Å². The average Bonchev–Trinajstić information content (AvgIpc) is 2.67.